The van der Waals surface area contributed by atoms with Gasteiger partial charge in [-0.1, -0.05) is 6.07 Å². The molecule has 2 amide bonds. The van der Waals surface area contributed by atoms with Gasteiger partial charge in [-0.15, -0.1) is 0 Å². The minimum Gasteiger partial charge on any atom is -0.271 e. The van der Waals surface area contributed by atoms with Crippen LogP contribution in [-0.4, -0.2) is 36.2 Å². The number of carbonyl (C=O) groups excluding carboxylic acids is 2. The summed E-state index contributed by atoms with van der Waals surface area (Å²) in [4.78, 5) is 25.2. The van der Waals surface area contributed by atoms with Crippen LogP contribution in [0.1, 0.15) is 57.5 Å². The third-order valence-electron chi connectivity index (χ3n) is 6.27. The van der Waals surface area contributed by atoms with E-state index in [4.69, 9.17) is 0 Å². The van der Waals surface area contributed by atoms with E-state index in [1.807, 2.05) is 0 Å². The Kier molecular flexibility index (Phi) is 5.77. The van der Waals surface area contributed by atoms with E-state index >= 15 is 4.39 Å². The maximum Gasteiger partial charge on any atom is 0.416 e. The summed E-state index contributed by atoms with van der Waals surface area (Å²) in [5.74, 6) is -1.89. The Balaban J connectivity index is 1.55. The molecule has 0 atom stereocenters. The van der Waals surface area contributed by atoms with Gasteiger partial charge in [0.05, 0.1) is 27.1 Å². The van der Waals surface area contributed by atoms with Crippen molar-refractivity contribution < 1.29 is 48.7 Å². The lowest BCUT2D eigenvalue weighted by molar-refractivity contribution is -0.138. The number of rotatable bonds is 3. The van der Waals surface area contributed by atoms with E-state index in [2.05, 4.69) is 0 Å². The second-order valence-corrected chi connectivity index (χ2v) is 10.6. The first kappa shape index (κ1) is 25.1. The fourth-order valence-electron chi connectivity index (χ4n) is 4.38. The van der Waals surface area contributed by atoms with Crippen LogP contribution in [0.5, 0.6) is 0 Å². The van der Waals surface area contributed by atoms with E-state index < -0.39 is 79.5 Å². The lowest BCUT2D eigenvalue weighted by Gasteiger charge is -2.36. The van der Waals surface area contributed by atoms with Gasteiger partial charge in [0.1, 0.15) is 0 Å². The lowest BCUT2D eigenvalue weighted by atomic mass is 9.92. The van der Waals surface area contributed by atoms with Crippen molar-refractivity contribution in [3.8, 4) is 0 Å². The van der Waals surface area contributed by atoms with Gasteiger partial charge in [-0.05, 0) is 62.1 Å². The number of benzene rings is 2. The topological polar surface area (TPSA) is 71.5 Å². The zero-order valence-electron chi connectivity index (χ0n) is 17.6. The SMILES string of the molecule is O=C1c2ccc(C(F)(F)F)cc2C(=O)N1C1CCC(F)(S(=O)(=O)c2cccc(C(F)(F)F)c2)CC1. The molecule has 0 bridgehead atoms. The second kappa shape index (κ2) is 8.04. The molecule has 1 saturated carbocycles. The molecule has 2 aromatic carbocycles. The third-order valence-corrected chi connectivity index (χ3v) is 8.51. The van der Waals surface area contributed by atoms with Crippen LogP contribution in [0.25, 0.3) is 0 Å². The zero-order valence-corrected chi connectivity index (χ0v) is 18.4. The summed E-state index contributed by atoms with van der Waals surface area (Å²) in [7, 11) is -4.87. The molecular weight excluding hydrogens is 507 g/mol. The molecule has 5 nitrogen and oxygen atoms in total. The highest BCUT2D eigenvalue weighted by atomic mass is 32.2. The Bertz CT molecular complexity index is 1310. The van der Waals surface area contributed by atoms with Crippen LogP contribution in [0.4, 0.5) is 30.7 Å². The summed E-state index contributed by atoms with van der Waals surface area (Å²) >= 11 is 0. The molecule has 0 spiro atoms. The van der Waals surface area contributed by atoms with E-state index in [-0.39, 0.29) is 18.4 Å². The average Bonchev–Trinajstić information content (AvgIpc) is 3.03. The lowest BCUT2D eigenvalue weighted by Crippen LogP contribution is -2.47. The number of amides is 2. The molecule has 4 rings (SSSR count). The standard InChI is InChI=1S/C22H16F7NO4S/c23-20(35(33,34)15-3-1-2-12(10-15)21(24,25)26)8-6-14(7-9-20)30-18(31)16-5-4-13(22(27,28)29)11-17(16)19(30)32/h1-5,10-11,14H,6-9H2. The van der Waals surface area contributed by atoms with Crippen molar-refractivity contribution in [3.63, 3.8) is 0 Å². The highest BCUT2D eigenvalue weighted by Crippen LogP contribution is 2.44. The summed E-state index contributed by atoms with van der Waals surface area (Å²) in [5.41, 5.74) is -3.10. The number of hydrogen-bond donors (Lipinski definition) is 0. The van der Waals surface area contributed by atoms with Crippen LogP contribution in [0.3, 0.4) is 0 Å². The van der Waals surface area contributed by atoms with E-state index in [1.54, 1.807) is 0 Å². The second-order valence-electron chi connectivity index (χ2n) is 8.38. The molecule has 1 fully saturated rings. The first-order valence-corrected chi connectivity index (χ1v) is 11.7. The first-order valence-electron chi connectivity index (χ1n) is 10.3. The van der Waals surface area contributed by atoms with Crippen molar-refractivity contribution in [3.05, 3.63) is 64.7 Å². The van der Waals surface area contributed by atoms with Crippen LogP contribution in [-0.2, 0) is 22.2 Å². The Labute approximate surface area is 194 Å². The molecule has 0 aromatic heterocycles. The summed E-state index contributed by atoms with van der Waals surface area (Å²) in [6.07, 6.45) is -11.7. The fourth-order valence-corrected chi connectivity index (χ4v) is 6.11. The first-order chi connectivity index (χ1) is 16.1. The van der Waals surface area contributed by atoms with Crippen molar-refractivity contribution in [2.24, 2.45) is 0 Å². The van der Waals surface area contributed by atoms with Gasteiger partial charge in [-0.3, -0.25) is 14.5 Å². The Hall–Kier alpha value is -2.96. The van der Waals surface area contributed by atoms with Gasteiger partial charge in [0.15, 0.2) is 0 Å². The molecule has 35 heavy (non-hydrogen) atoms. The van der Waals surface area contributed by atoms with E-state index in [9.17, 15) is 44.3 Å². The van der Waals surface area contributed by atoms with E-state index in [0.29, 0.717) is 29.2 Å². The minimum atomic E-state index is -4.87. The number of nitrogens with zero attached hydrogens (tertiary/aromatic N) is 1. The Morgan fingerprint density at radius 3 is 1.91 bits per heavy atom. The largest absolute Gasteiger partial charge is 0.416 e. The highest BCUT2D eigenvalue weighted by molar-refractivity contribution is 7.92. The van der Waals surface area contributed by atoms with Crippen molar-refractivity contribution in [2.75, 3.05) is 0 Å². The Morgan fingerprint density at radius 2 is 1.34 bits per heavy atom. The highest BCUT2D eigenvalue weighted by Gasteiger charge is 2.51. The minimum absolute atomic E-state index is 0.253. The van der Waals surface area contributed by atoms with Crippen molar-refractivity contribution in [1.29, 1.82) is 0 Å². The third kappa shape index (κ3) is 4.19. The number of halogens is 7. The molecule has 1 aliphatic carbocycles. The maximum atomic E-state index is 15.6. The number of sulfone groups is 1. The van der Waals surface area contributed by atoms with Crippen LogP contribution in [0, 0.1) is 0 Å². The number of fused-ring (bicyclic) bond motifs is 1. The molecule has 0 radical (unpaired) electrons. The molecule has 2 aliphatic rings. The summed E-state index contributed by atoms with van der Waals surface area (Å²) in [5, 5.41) is -2.95. The van der Waals surface area contributed by atoms with Crippen LogP contribution >= 0.6 is 0 Å². The fraction of sp³-hybridized carbons (Fsp3) is 0.364. The predicted molar refractivity (Wildman–Crippen MR) is 107 cm³/mol. The van der Waals surface area contributed by atoms with Crippen LogP contribution in [0.2, 0.25) is 0 Å². The molecule has 13 heteroatoms. The summed E-state index contributed by atoms with van der Waals surface area (Å²) < 4.78 is 119. The zero-order chi connectivity index (χ0) is 26.0. The Morgan fingerprint density at radius 1 is 0.800 bits per heavy atom. The van der Waals surface area contributed by atoms with E-state index in [1.165, 1.54) is 0 Å². The smallest absolute Gasteiger partial charge is 0.271 e. The van der Waals surface area contributed by atoms with Crippen LogP contribution < -0.4 is 0 Å². The van der Waals surface area contributed by atoms with Gasteiger partial charge in [0.2, 0.25) is 14.8 Å². The molecular formula is C22H16F7NO4S. The quantitative estimate of drug-likeness (QED) is 0.399. The maximum absolute atomic E-state index is 15.6. The summed E-state index contributed by atoms with van der Waals surface area (Å²) in [6, 6.07) is 3.77. The van der Waals surface area contributed by atoms with Gasteiger partial charge in [0.25, 0.3) is 11.8 Å². The summed E-state index contributed by atoms with van der Waals surface area (Å²) in [6.45, 7) is 0. The van der Waals surface area contributed by atoms with Crippen LogP contribution in [0.15, 0.2) is 47.4 Å². The predicted octanol–water partition coefficient (Wildman–Crippen LogP) is 5.40. The molecule has 0 saturated heterocycles. The molecule has 0 N–H and O–H groups in total. The van der Waals surface area contributed by atoms with Gasteiger partial charge >= 0.3 is 12.4 Å². The molecule has 188 valence electrons. The number of alkyl halides is 7. The van der Waals surface area contributed by atoms with Gasteiger partial charge < -0.3 is 0 Å². The number of hydrogen-bond acceptors (Lipinski definition) is 4. The number of carbonyl (C=O) groups is 2. The van der Waals surface area contributed by atoms with Crippen molar-refractivity contribution >= 4 is 21.7 Å². The normalized spacial score (nSPS) is 23.5. The molecule has 2 aromatic rings. The average molecular weight is 523 g/mol. The molecule has 1 heterocycles. The monoisotopic (exact) mass is 523 g/mol. The van der Waals surface area contributed by atoms with Gasteiger partial charge in [-0.2, -0.15) is 26.3 Å². The number of imide groups is 1. The molecule has 0 unspecified atom stereocenters. The van der Waals surface area contributed by atoms with Crippen molar-refractivity contribution in [1.82, 2.24) is 4.90 Å². The van der Waals surface area contributed by atoms with Gasteiger partial charge in [0, 0.05) is 6.04 Å². The van der Waals surface area contributed by atoms with E-state index in [0.717, 1.165) is 18.2 Å². The van der Waals surface area contributed by atoms with Gasteiger partial charge in [-0.25, -0.2) is 12.8 Å². The molecule has 1 aliphatic heterocycles. The van der Waals surface area contributed by atoms with Crippen molar-refractivity contribution in [2.45, 2.75) is 54.0 Å².